The van der Waals surface area contributed by atoms with Crippen molar-refractivity contribution in [2.75, 3.05) is 13.2 Å². The quantitative estimate of drug-likeness (QED) is 0.825. The minimum Gasteiger partial charge on any atom is -0.368 e. The molecule has 0 radical (unpaired) electrons. The van der Waals surface area contributed by atoms with Crippen LogP contribution >= 0.6 is 0 Å². The second-order valence-electron chi connectivity index (χ2n) is 5.83. The lowest BCUT2D eigenvalue weighted by Gasteiger charge is -2.25. The van der Waals surface area contributed by atoms with E-state index in [9.17, 15) is 4.79 Å². The first-order chi connectivity index (χ1) is 9.83. The molecule has 2 aliphatic rings. The standard InChI is InChI=1S/C15H23N3O2/c19-15(12-20-14-6-1-2-7-14)18-10-3-5-13(18)11-17-9-4-8-16-17/h4,8-9,13-14H,1-3,5-7,10-12H2/t13-/m1/s1. The van der Waals surface area contributed by atoms with Gasteiger partial charge in [0.1, 0.15) is 6.61 Å². The van der Waals surface area contributed by atoms with Crippen molar-refractivity contribution in [2.45, 2.75) is 57.2 Å². The Morgan fingerprint density at radius 3 is 2.85 bits per heavy atom. The van der Waals surface area contributed by atoms with Crippen molar-refractivity contribution in [1.29, 1.82) is 0 Å². The van der Waals surface area contributed by atoms with Crippen molar-refractivity contribution in [2.24, 2.45) is 0 Å². The van der Waals surface area contributed by atoms with E-state index in [0.29, 0.717) is 6.10 Å². The first kappa shape index (κ1) is 13.6. The molecule has 1 atom stereocenters. The number of nitrogens with zero attached hydrogens (tertiary/aromatic N) is 3. The lowest BCUT2D eigenvalue weighted by Crippen LogP contribution is -2.40. The van der Waals surface area contributed by atoms with Gasteiger partial charge in [-0.3, -0.25) is 9.48 Å². The number of amides is 1. The van der Waals surface area contributed by atoms with Gasteiger partial charge in [-0.15, -0.1) is 0 Å². The SMILES string of the molecule is O=C(COC1CCCC1)N1CCC[C@@H]1Cn1cccn1. The van der Waals surface area contributed by atoms with Gasteiger partial charge >= 0.3 is 0 Å². The zero-order valence-corrected chi connectivity index (χ0v) is 11.9. The third-order valence-corrected chi connectivity index (χ3v) is 4.40. The molecule has 1 aromatic rings. The topological polar surface area (TPSA) is 47.4 Å². The number of hydrogen-bond acceptors (Lipinski definition) is 3. The molecule has 2 heterocycles. The summed E-state index contributed by atoms with van der Waals surface area (Å²) in [5.74, 6) is 0.145. The maximum Gasteiger partial charge on any atom is 0.248 e. The van der Waals surface area contributed by atoms with Crippen LogP contribution < -0.4 is 0 Å². The zero-order valence-electron chi connectivity index (χ0n) is 11.9. The Labute approximate surface area is 119 Å². The second kappa shape index (κ2) is 6.39. The number of carbonyl (C=O) groups excluding carboxylic acids is 1. The molecule has 5 heteroatoms. The molecule has 2 fully saturated rings. The molecule has 1 saturated heterocycles. The molecule has 0 aromatic carbocycles. The summed E-state index contributed by atoms with van der Waals surface area (Å²) in [4.78, 5) is 14.3. The fourth-order valence-electron chi connectivity index (χ4n) is 3.31. The van der Waals surface area contributed by atoms with Crippen LogP contribution in [0.25, 0.3) is 0 Å². The lowest BCUT2D eigenvalue weighted by atomic mass is 10.2. The first-order valence-corrected chi connectivity index (χ1v) is 7.71. The van der Waals surface area contributed by atoms with Crippen molar-refractivity contribution < 1.29 is 9.53 Å². The summed E-state index contributed by atoms with van der Waals surface area (Å²) in [6.45, 7) is 1.90. The fourth-order valence-corrected chi connectivity index (χ4v) is 3.31. The number of rotatable bonds is 5. The van der Waals surface area contributed by atoms with Crippen molar-refractivity contribution in [3.63, 3.8) is 0 Å². The molecular weight excluding hydrogens is 254 g/mol. The van der Waals surface area contributed by atoms with E-state index in [1.807, 2.05) is 21.8 Å². The molecule has 20 heavy (non-hydrogen) atoms. The highest BCUT2D eigenvalue weighted by atomic mass is 16.5. The maximum absolute atomic E-state index is 12.3. The minimum absolute atomic E-state index is 0.145. The third-order valence-electron chi connectivity index (χ3n) is 4.40. The Bertz CT molecular complexity index is 426. The van der Waals surface area contributed by atoms with Crippen LogP contribution in [0.2, 0.25) is 0 Å². The highest BCUT2D eigenvalue weighted by Crippen LogP contribution is 2.22. The predicted octanol–water partition coefficient (Wildman–Crippen LogP) is 1.83. The summed E-state index contributed by atoms with van der Waals surface area (Å²) >= 11 is 0. The van der Waals surface area contributed by atoms with Crippen molar-refractivity contribution >= 4 is 5.91 Å². The number of ether oxygens (including phenoxy) is 1. The van der Waals surface area contributed by atoms with Gasteiger partial charge in [0, 0.05) is 18.9 Å². The Hall–Kier alpha value is -1.36. The van der Waals surface area contributed by atoms with Gasteiger partial charge < -0.3 is 9.64 Å². The molecular formula is C15H23N3O2. The predicted molar refractivity (Wildman–Crippen MR) is 75.2 cm³/mol. The molecule has 1 aliphatic carbocycles. The molecule has 0 bridgehead atoms. The van der Waals surface area contributed by atoms with E-state index in [4.69, 9.17) is 4.74 Å². The van der Waals surface area contributed by atoms with Crippen LogP contribution in [0, 0.1) is 0 Å². The van der Waals surface area contributed by atoms with Gasteiger partial charge in [-0.25, -0.2) is 0 Å². The number of carbonyl (C=O) groups is 1. The molecule has 0 spiro atoms. The van der Waals surface area contributed by atoms with E-state index >= 15 is 0 Å². The average Bonchev–Trinajstić information content (AvgIpc) is 3.19. The minimum atomic E-state index is 0.145. The van der Waals surface area contributed by atoms with Crippen LogP contribution in [0.5, 0.6) is 0 Å². The Kier molecular flexibility index (Phi) is 4.35. The van der Waals surface area contributed by atoms with Crippen LogP contribution in [0.1, 0.15) is 38.5 Å². The third kappa shape index (κ3) is 3.20. The van der Waals surface area contributed by atoms with Crippen LogP contribution in [-0.2, 0) is 16.1 Å². The van der Waals surface area contributed by atoms with Gasteiger partial charge in [-0.1, -0.05) is 12.8 Å². The monoisotopic (exact) mass is 277 g/mol. The largest absolute Gasteiger partial charge is 0.368 e. The second-order valence-corrected chi connectivity index (χ2v) is 5.83. The first-order valence-electron chi connectivity index (χ1n) is 7.71. The highest BCUT2D eigenvalue weighted by Gasteiger charge is 2.29. The molecule has 5 nitrogen and oxygen atoms in total. The summed E-state index contributed by atoms with van der Waals surface area (Å²) in [6.07, 6.45) is 10.9. The number of likely N-dealkylation sites (tertiary alicyclic amines) is 1. The van der Waals surface area contributed by atoms with Gasteiger partial charge in [0.05, 0.1) is 18.7 Å². The van der Waals surface area contributed by atoms with Gasteiger partial charge in [0.25, 0.3) is 0 Å². The van der Waals surface area contributed by atoms with Crippen LogP contribution in [0.3, 0.4) is 0 Å². The Morgan fingerprint density at radius 1 is 1.25 bits per heavy atom. The molecule has 1 aliphatic heterocycles. The van der Waals surface area contributed by atoms with Crippen LogP contribution in [-0.4, -0.2) is 45.9 Å². The molecule has 1 amide bonds. The van der Waals surface area contributed by atoms with E-state index in [2.05, 4.69) is 5.10 Å². The maximum atomic E-state index is 12.3. The van der Waals surface area contributed by atoms with E-state index < -0.39 is 0 Å². The summed E-state index contributed by atoms with van der Waals surface area (Å²) < 4.78 is 7.66. The summed E-state index contributed by atoms with van der Waals surface area (Å²) in [6, 6.07) is 2.19. The molecule has 3 rings (SSSR count). The van der Waals surface area contributed by atoms with Crippen LogP contribution in [0.15, 0.2) is 18.5 Å². The summed E-state index contributed by atoms with van der Waals surface area (Å²) in [5.41, 5.74) is 0. The fraction of sp³-hybridized carbons (Fsp3) is 0.733. The Balaban J connectivity index is 1.50. The van der Waals surface area contributed by atoms with Gasteiger partial charge in [0.15, 0.2) is 0 Å². The van der Waals surface area contributed by atoms with Crippen LogP contribution in [0.4, 0.5) is 0 Å². The van der Waals surface area contributed by atoms with Gasteiger partial charge in [-0.05, 0) is 31.7 Å². The molecule has 1 aromatic heterocycles. The normalized spacial score (nSPS) is 23.6. The van der Waals surface area contributed by atoms with Crippen molar-refractivity contribution in [3.05, 3.63) is 18.5 Å². The molecule has 0 N–H and O–H groups in total. The smallest absolute Gasteiger partial charge is 0.248 e. The van der Waals surface area contributed by atoms with E-state index in [0.717, 1.165) is 38.8 Å². The molecule has 110 valence electrons. The number of aromatic nitrogens is 2. The van der Waals surface area contributed by atoms with Gasteiger partial charge in [0.2, 0.25) is 5.91 Å². The highest BCUT2D eigenvalue weighted by molar-refractivity contribution is 5.78. The van der Waals surface area contributed by atoms with Gasteiger partial charge in [-0.2, -0.15) is 5.10 Å². The lowest BCUT2D eigenvalue weighted by molar-refractivity contribution is -0.139. The zero-order chi connectivity index (χ0) is 13.8. The van der Waals surface area contributed by atoms with E-state index in [1.54, 1.807) is 6.20 Å². The van der Waals surface area contributed by atoms with E-state index in [1.165, 1.54) is 12.8 Å². The average molecular weight is 277 g/mol. The Morgan fingerprint density at radius 2 is 2.10 bits per heavy atom. The molecule has 0 unspecified atom stereocenters. The summed E-state index contributed by atoms with van der Waals surface area (Å²) in [5, 5.41) is 4.23. The van der Waals surface area contributed by atoms with E-state index in [-0.39, 0.29) is 18.6 Å². The van der Waals surface area contributed by atoms with Crippen molar-refractivity contribution in [1.82, 2.24) is 14.7 Å². The van der Waals surface area contributed by atoms with Crippen molar-refractivity contribution in [3.8, 4) is 0 Å². The number of hydrogen-bond donors (Lipinski definition) is 0. The summed E-state index contributed by atoms with van der Waals surface area (Å²) in [7, 11) is 0. The molecule has 1 saturated carbocycles.